The van der Waals surface area contributed by atoms with Crippen molar-refractivity contribution in [2.45, 2.75) is 26.2 Å². The van der Waals surface area contributed by atoms with Crippen molar-refractivity contribution in [2.24, 2.45) is 0 Å². The minimum Gasteiger partial charge on any atom is -0.273 e. The van der Waals surface area contributed by atoms with E-state index >= 15 is 0 Å². The summed E-state index contributed by atoms with van der Waals surface area (Å²) in [6, 6.07) is 35.6. The molecule has 34 heavy (non-hydrogen) atoms. The summed E-state index contributed by atoms with van der Waals surface area (Å²) in [6.07, 6.45) is 0. The summed E-state index contributed by atoms with van der Waals surface area (Å²) in [5.41, 5.74) is 3.34. The number of carbonyl (C=O) groups excluding carboxylic acids is 2. The van der Waals surface area contributed by atoms with Crippen LogP contribution in [-0.2, 0) is 15.0 Å². The number of nitrogens with zero attached hydrogens (tertiary/aromatic N) is 2. The predicted molar refractivity (Wildman–Crippen MR) is 139 cm³/mol. The lowest BCUT2D eigenvalue weighted by Gasteiger charge is -2.31. The molecular formula is C30H28N2O2. The third kappa shape index (κ3) is 4.76. The minimum absolute atomic E-state index is 0.231. The van der Waals surface area contributed by atoms with Gasteiger partial charge < -0.3 is 0 Å². The second-order valence-electron chi connectivity index (χ2n) is 9.05. The Morgan fingerprint density at radius 3 is 1.29 bits per heavy atom. The molecule has 0 aliphatic heterocycles. The van der Waals surface area contributed by atoms with Crippen LogP contribution in [0.2, 0.25) is 0 Å². The number of para-hydroxylation sites is 4. The smallest absolute Gasteiger partial charge is 0.273 e. The number of amides is 2. The zero-order valence-corrected chi connectivity index (χ0v) is 19.7. The van der Waals surface area contributed by atoms with Crippen LogP contribution < -0.4 is 9.80 Å². The van der Waals surface area contributed by atoms with Crippen molar-refractivity contribution < 1.29 is 9.59 Å². The van der Waals surface area contributed by atoms with Crippen LogP contribution in [0.1, 0.15) is 26.3 Å². The van der Waals surface area contributed by atoms with Gasteiger partial charge in [0.2, 0.25) is 0 Å². The fourth-order valence-electron chi connectivity index (χ4n) is 3.97. The van der Waals surface area contributed by atoms with Gasteiger partial charge in [0.1, 0.15) is 0 Å². The van der Waals surface area contributed by atoms with Crippen molar-refractivity contribution in [3.8, 4) is 0 Å². The van der Waals surface area contributed by atoms with Crippen molar-refractivity contribution in [2.75, 3.05) is 9.80 Å². The molecule has 170 valence electrons. The largest absolute Gasteiger partial charge is 0.321 e. The van der Waals surface area contributed by atoms with Crippen molar-refractivity contribution in [3.05, 3.63) is 121 Å². The van der Waals surface area contributed by atoms with E-state index in [0.717, 1.165) is 5.56 Å². The highest BCUT2D eigenvalue weighted by Gasteiger charge is 2.33. The Kier molecular flexibility index (Phi) is 6.60. The van der Waals surface area contributed by atoms with Crippen molar-refractivity contribution in [3.63, 3.8) is 0 Å². The number of rotatable bonds is 4. The zero-order valence-electron chi connectivity index (χ0n) is 19.7. The lowest BCUT2D eigenvalue weighted by molar-refractivity contribution is -0.135. The molecule has 0 aromatic heterocycles. The van der Waals surface area contributed by atoms with Gasteiger partial charge in [-0.15, -0.1) is 0 Å². The van der Waals surface area contributed by atoms with E-state index in [9.17, 15) is 9.59 Å². The summed E-state index contributed by atoms with van der Waals surface area (Å²) in [6.45, 7) is 6.30. The molecule has 0 aliphatic carbocycles. The van der Waals surface area contributed by atoms with Gasteiger partial charge in [0, 0.05) is 17.1 Å². The normalized spacial score (nSPS) is 11.0. The van der Waals surface area contributed by atoms with E-state index in [1.165, 1.54) is 9.80 Å². The molecule has 4 aromatic carbocycles. The van der Waals surface area contributed by atoms with E-state index in [4.69, 9.17) is 0 Å². The van der Waals surface area contributed by atoms with E-state index in [0.29, 0.717) is 22.7 Å². The van der Waals surface area contributed by atoms with Gasteiger partial charge in [0.05, 0.1) is 5.69 Å². The van der Waals surface area contributed by atoms with Crippen LogP contribution in [0.4, 0.5) is 22.7 Å². The van der Waals surface area contributed by atoms with Gasteiger partial charge in [0.25, 0.3) is 0 Å². The number of hydrogen-bond donors (Lipinski definition) is 0. The Morgan fingerprint density at radius 1 is 0.500 bits per heavy atom. The van der Waals surface area contributed by atoms with Gasteiger partial charge in [0.15, 0.2) is 0 Å². The first-order chi connectivity index (χ1) is 16.4. The predicted octanol–water partition coefficient (Wildman–Crippen LogP) is 7.01. The van der Waals surface area contributed by atoms with Crippen LogP contribution in [-0.4, -0.2) is 11.8 Å². The summed E-state index contributed by atoms with van der Waals surface area (Å²) in [7, 11) is 0. The quantitative estimate of drug-likeness (QED) is 0.315. The van der Waals surface area contributed by atoms with E-state index < -0.39 is 11.8 Å². The maximum atomic E-state index is 14.0. The van der Waals surface area contributed by atoms with Gasteiger partial charge >= 0.3 is 11.8 Å². The lowest BCUT2D eigenvalue weighted by atomic mass is 9.85. The summed E-state index contributed by atoms with van der Waals surface area (Å²) >= 11 is 0. The van der Waals surface area contributed by atoms with E-state index in [2.05, 4.69) is 20.8 Å². The molecule has 0 saturated carbocycles. The van der Waals surface area contributed by atoms with Crippen LogP contribution in [0.3, 0.4) is 0 Å². The number of carbonyl (C=O) groups is 2. The molecule has 4 heteroatoms. The highest BCUT2D eigenvalue weighted by molar-refractivity contribution is 6.47. The monoisotopic (exact) mass is 448 g/mol. The third-order valence-corrected chi connectivity index (χ3v) is 5.59. The molecule has 0 radical (unpaired) electrons. The van der Waals surface area contributed by atoms with Gasteiger partial charge in [-0.25, -0.2) is 0 Å². The standard InChI is InChI=1S/C30H28N2O2/c1-30(2,3)26-21-13-14-22-27(26)32(25-19-11-6-12-20-25)29(34)28(33)31(23-15-7-4-8-16-23)24-17-9-5-10-18-24/h4-22H,1-3H3. The average Bonchev–Trinajstić information content (AvgIpc) is 2.86. The third-order valence-electron chi connectivity index (χ3n) is 5.59. The highest BCUT2D eigenvalue weighted by atomic mass is 16.2. The van der Waals surface area contributed by atoms with Crippen molar-refractivity contribution in [1.82, 2.24) is 0 Å². The summed E-state index contributed by atoms with van der Waals surface area (Å²) < 4.78 is 0. The molecule has 0 N–H and O–H groups in total. The second kappa shape index (κ2) is 9.75. The first-order valence-corrected chi connectivity index (χ1v) is 11.3. The van der Waals surface area contributed by atoms with Crippen molar-refractivity contribution in [1.29, 1.82) is 0 Å². The molecule has 0 fully saturated rings. The van der Waals surface area contributed by atoms with Crippen LogP contribution in [0.15, 0.2) is 115 Å². The fourth-order valence-corrected chi connectivity index (χ4v) is 3.97. The van der Waals surface area contributed by atoms with Crippen LogP contribution in [0, 0.1) is 0 Å². The number of hydrogen-bond acceptors (Lipinski definition) is 2. The van der Waals surface area contributed by atoms with Crippen LogP contribution in [0.25, 0.3) is 0 Å². The molecule has 0 unspecified atom stereocenters. The SMILES string of the molecule is CC(C)(C)c1ccccc1N(C(=O)C(=O)N(c1ccccc1)c1ccccc1)c1ccccc1. The number of benzene rings is 4. The summed E-state index contributed by atoms with van der Waals surface area (Å²) in [4.78, 5) is 31.0. The molecule has 0 spiro atoms. The Hall–Kier alpha value is -4.18. The maximum absolute atomic E-state index is 14.0. The molecule has 0 aliphatic rings. The first kappa shape index (κ1) is 23.0. The molecule has 4 aromatic rings. The molecule has 0 heterocycles. The maximum Gasteiger partial charge on any atom is 0.321 e. The molecule has 0 saturated heterocycles. The molecule has 4 rings (SSSR count). The fraction of sp³-hybridized carbons (Fsp3) is 0.133. The van der Waals surface area contributed by atoms with E-state index in [1.807, 2.05) is 115 Å². The lowest BCUT2D eigenvalue weighted by Crippen LogP contribution is -2.42. The minimum atomic E-state index is -0.634. The summed E-state index contributed by atoms with van der Waals surface area (Å²) in [5.74, 6) is -1.26. The van der Waals surface area contributed by atoms with Gasteiger partial charge in [-0.1, -0.05) is 93.6 Å². The highest BCUT2D eigenvalue weighted by Crippen LogP contribution is 2.36. The van der Waals surface area contributed by atoms with E-state index in [-0.39, 0.29) is 5.41 Å². The topological polar surface area (TPSA) is 40.6 Å². The molecule has 2 amide bonds. The Labute approximate surface area is 201 Å². The molecular weight excluding hydrogens is 420 g/mol. The van der Waals surface area contributed by atoms with Gasteiger partial charge in [-0.2, -0.15) is 0 Å². The van der Waals surface area contributed by atoms with Gasteiger partial charge in [-0.3, -0.25) is 19.4 Å². The first-order valence-electron chi connectivity index (χ1n) is 11.3. The molecule has 0 bridgehead atoms. The molecule has 0 atom stereocenters. The molecule has 4 nitrogen and oxygen atoms in total. The Morgan fingerprint density at radius 2 is 0.853 bits per heavy atom. The van der Waals surface area contributed by atoms with Crippen molar-refractivity contribution >= 4 is 34.6 Å². The average molecular weight is 449 g/mol. The summed E-state index contributed by atoms with van der Waals surface area (Å²) in [5, 5.41) is 0. The zero-order chi connectivity index (χ0) is 24.1. The van der Waals surface area contributed by atoms with Gasteiger partial charge in [-0.05, 0) is 53.4 Å². The second-order valence-corrected chi connectivity index (χ2v) is 9.05. The van der Waals surface area contributed by atoms with Crippen LogP contribution in [0.5, 0.6) is 0 Å². The Bertz CT molecular complexity index is 1220. The number of anilines is 4. The van der Waals surface area contributed by atoms with E-state index in [1.54, 1.807) is 0 Å². The Balaban J connectivity index is 1.86. The van der Waals surface area contributed by atoms with Crippen LogP contribution >= 0.6 is 0 Å².